The number of methoxy groups -OCH3 is 1. The lowest BCUT2D eigenvalue weighted by Gasteiger charge is -1.95. The molecular weight excluding hydrogens is 208 g/mol. The van der Waals surface area contributed by atoms with E-state index in [1.165, 1.54) is 11.3 Å². The van der Waals surface area contributed by atoms with Crippen LogP contribution in [0, 0.1) is 0 Å². The lowest BCUT2D eigenvalue weighted by molar-refractivity contribution is 0.414. The quantitative estimate of drug-likeness (QED) is 0.778. The first kappa shape index (κ1) is 8.58. The Balaban J connectivity index is 2.45. The van der Waals surface area contributed by atoms with Gasteiger partial charge in [0.2, 0.25) is 0 Å². The Hall–Kier alpha value is -1.01. The molecule has 0 radical (unpaired) electrons. The zero-order valence-electron chi connectivity index (χ0n) is 6.72. The van der Waals surface area contributed by atoms with Crippen LogP contribution in [0.25, 0.3) is 10.8 Å². The number of aromatic nitrogens is 2. The monoisotopic (exact) mass is 214 g/mol. The van der Waals surface area contributed by atoms with Gasteiger partial charge in [-0.1, -0.05) is 12.6 Å². The summed E-state index contributed by atoms with van der Waals surface area (Å²) < 4.78 is 10.2. The summed E-state index contributed by atoms with van der Waals surface area (Å²) in [4.78, 5) is 0.829. The van der Waals surface area contributed by atoms with Gasteiger partial charge in [0.15, 0.2) is 0 Å². The third-order valence-corrected chi connectivity index (χ3v) is 2.52. The molecule has 2 aromatic heterocycles. The van der Waals surface area contributed by atoms with E-state index in [9.17, 15) is 0 Å². The van der Waals surface area contributed by atoms with Crippen molar-refractivity contribution in [3.63, 3.8) is 0 Å². The largest absolute Gasteiger partial charge is 0.495 e. The first-order valence-electron chi connectivity index (χ1n) is 3.45. The van der Waals surface area contributed by atoms with Gasteiger partial charge in [-0.15, -0.1) is 21.5 Å². The van der Waals surface area contributed by atoms with Crippen molar-refractivity contribution < 1.29 is 9.15 Å². The molecule has 0 spiro atoms. The molecule has 2 rings (SSSR count). The molecule has 0 N–H and O–H groups in total. The number of thiol groups is 1. The summed E-state index contributed by atoms with van der Waals surface area (Å²) in [6.45, 7) is 0. The standard InChI is InChI=1S/C7H6N2O2S2/c1-10-4-2-3-13-5(4)6-8-9-7(12)11-6/h2-3H,1H3,(H,9,12). The third-order valence-electron chi connectivity index (χ3n) is 1.46. The van der Waals surface area contributed by atoms with E-state index in [0.29, 0.717) is 5.89 Å². The van der Waals surface area contributed by atoms with E-state index in [0.717, 1.165) is 10.6 Å². The van der Waals surface area contributed by atoms with E-state index in [2.05, 4.69) is 22.8 Å². The fourth-order valence-electron chi connectivity index (χ4n) is 0.921. The molecule has 0 aromatic carbocycles. The van der Waals surface area contributed by atoms with Gasteiger partial charge in [-0.25, -0.2) is 0 Å². The van der Waals surface area contributed by atoms with Crippen LogP contribution in [0.1, 0.15) is 0 Å². The summed E-state index contributed by atoms with van der Waals surface area (Å²) in [7, 11) is 1.60. The number of nitrogens with zero attached hydrogens (tertiary/aromatic N) is 2. The second kappa shape index (κ2) is 3.39. The number of ether oxygens (including phenoxy) is 1. The molecule has 0 fully saturated rings. The minimum absolute atomic E-state index is 0.255. The van der Waals surface area contributed by atoms with Crippen LogP contribution in [-0.2, 0) is 0 Å². The summed E-state index contributed by atoms with van der Waals surface area (Å²) in [5, 5.41) is 9.61. The molecule has 2 heterocycles. The van der Waals surface area contributed by atoms with Crippen molar-refractivity contribution in [2.75, 3.05) is 7.11 Å². The smallest absolute Gasteiger partial charge is 0.273 e. The number of thiophene rings is 1. The van der Waals surface area contributed by atoms with Crippen LogP contribution in [0.2, 0.25) is 0 Å². The van der Waals surface area contributed by atoms with E-state index in [1.54, 1.807) is 7.11 Å². The molecule has 0 saturated carbocycles. The van der Waals surface area contributed by atoms with Crippen LogP contribution in [0.4, 0.5) is 0 Å². The Morgan fingerprint density at radius 2 is 2.38 bits per heavy atom. The minimum atomic E-state index is 0.255. The molecule has 6 heteroatoms. The van der Waals surface area contributed by atoms with Gasteiger partial charge in [0.1, 0.15) is 10.6 Å². The predicted octanol–water partition coefficient (Wildman–Crippen LogP) is 2.10. The predicted molar refractivity (Wildman–Crippen MR) is 51.4 cm³/mol. The molecule has 0 atom stereocenters. The van der Waals surface area contributed by atoms with E-state index in [4.69, 9.17) is 9.15 Å². The maximum absolute atomic E-state index is 5.14. The maximum atomic E-state index is 5.14. The summed E-state index contributed by atoms with van der Waals surface area (Å²) in [6, 6.07) is 1.85. The Labute approximate surface area is 84.0 Å². The van der Waals surface area contributed by atoms with E-state index in [-0.39, 0.29) is 5.22 Å². The van der Waals surface area contributed by atoms with E-state index in [1.807, 2.05) is 11.4 Å². The summed E-state index contributed by atoms with van der Waals surface area (Å²) in [5.74, 6) is 1.18. The summed E-state index contributed by atoms with van der Waals surface area (Å²) in [6.07, 6.45) is 0. The van der Waals surface area contributed by atoms with Gasteiger partial charge < -0.3 is 9.15 Å². The van der Waals surface area contributed by atoms with Crippen LogP contribution in [0.3, 0.4) is 0 Å². The minimum Gasteiger partial charge on any atom is -0.495 e. The van der Waals surface area contributed by atoms with Crippen molar-refractivity contribution in [2.24, 2.45) is 0 Å². The zero-order chi connectivity index (χ0) is 9.26. The van der Waals surface area contributed by atoms with Crippen molar-refractivity contribution in [3.05, 3.63) is 11.4 Å². The molecule has 0 aliphatic carbocycles. The second-order valence-electron chi connectivity index (χ2n) is 2.21. The molecule has 0 bridgehead atoms. The van der Waals surface area contributed by atoms with Crippen molar-refractivity contribution in [1.82, 2.24) is 10.2 Å². The summed E-state index contributed by atoms with van der Waals surface area (Å²) >= 11 is 5.41. The van der Waals surface area contributed by atoms with E-state index >= 15 is 0 Å². The zero-order valence-corrected chi connectivity index (χ0v) is 8.43. The lowest BCUT2D eigenvalue weighted by atomic mass is 10.4. The van der Waals surface area contributed by atoms with Crippen molar-refractivity contribution in [3.8, 4) is 16.5 Å². The first-order valence-corrected chi connectivity index (χ1v) is 4.78. The van der Waals surface area contributed by atoms with Crippen molar-refractivity contribution in [1.29, 1.82) is 0 Å². The van der Waals surface area contributed by atoms with Crippen LogP contribution >= 0.6 is 24.0 Å². The topological polar surface area (TPSA) is 48.2 Å². The van der Waals surface area contributed by atoms with Crippen molar-refractivity contribution in [2.45, 2.75) is 5.22 Å². The number of rotatable bonds is 2. The molecule has 0 aliphatic heterocycles. The van der Waals surface area contributed by atoms with Gasteiger partial charge >= 0.3 is 0 Å². The molecule has 2 aromatic rings. The van der Waals surface area contributed by atoms with Gasteiger partial charge in [0.25, 0.3) is 11.1 Å². The highest BCUT2D eigenvalue weighted by Gasteiger charge is 2.13. The first-order chi connectivity index (χ1) is 6.31. The molecule has 68 valence electrons. The van der Waals surface area contributed by atoms with Crippen LogP contribution in [0.5, 0.6) is 5.75 Å². The van der Waals surface area contributed by atoms with Crippen LogP contribution in [0.15, 0.2) is 21.1 Å². The number of hydrogen-bond donors (Lipinski definition) is 1. The normalized spacial score (nSPS) is 10.3. The second-order valence-corrected chi connectivity index (χ2v) is 3.51. The molecule has 0 aliphatic rings. The Morgan fingerprint density at radius 1 is 1.54 bits per heavy atom. The fraction of sp³-hybridized carbons (Fsp3) is 0.143. The van der Waals surface area contributed by atoms with Gasteiger partial charge in [0, 0.05) is 0 Å². The SMILES string of the molecule is COc1ccsc1-c1nnc(S)o1. The Bertz CT molecular complexity index is 410. The molecule has 13 heavy (non-hydrogen) atoms. The van der Waals surface area contributed by atoms with Gasteiger partial charge in [-0.05, 0) is 11.4 Å². The highest BCUT2D eigenvalue weighted by molar-refractivity contribution is 7.80. The van der Waals surface area contributed by atoms with Crippen LogP contribution in [-0.4, -0.2) is 17.3 Å². The molecular formula is C7H6N2O2S2. The average molecular weight is 214 g/mol. The van der Waals surface area contributed by atoms with Crippen molar-refractivity contribution >= 4 is 24.0 Å². The molecule has 0 unspecified atom stereocenters. The number of hydrogen-bond acceptors (Lipinski definition) is 6. The summed E-state index contributed by atoms with van der Waals surface area (Å²) in [5.41, 5.74) is 0. The molecule has 0 amide bonds. The highest BCUT2D eigenvalue weighted by Crippen LogP contribution is 2.34. The maximum Gasteiger partial charge on any atom is 0.273 e. The van der Waals surface area contributed by atoms with Gasteiger partial charge in [-0.2, -0.15) is 0 Å². The van der Waals surface area contributed by atoms with Crippen LogP contribution < -0.4 is 4.74 Å². The average Bonchev–Trinajstić information content (AvgIpc) is 2.71. The lowest BCUT2D eigenvalue weighted by Crippen LogP contribution is -1.82. The highest BCUT2D eigenvalue weighted by atomic mass is 32.1. The fourth-order valence-corrected chi connectivity index (χ4v) is 1.83. The molecule has 4 nitrogen and oxygen atoms in total. The molecule has 0 saturated heterocycles. The van der Waals surface area contributed by atoms with Gasteiger partial charge in [0.05, 0.1) is 7.11 Å². The third kappa shape index (κ3) is 1.54. The Kier molecular flexibility index (Phi) is 2.24. The van der Waals surface area contributed by atoms with E-state index < -0.39 is 0 Å². The van der Waals surface area contributed by atoms with Gasteiger partial charge in [-0.3, -0.25) is 0 Å². The Morgan fingerprint density at radius 3 is 3.00 bits per heavy atom.